The molecule has 3 aromatic rings. The van der Waals surface area contributed by atoms with E-state index in [0.717, 1.165) is 22.4 Å². The lowest BCUT2D eigenvalue weighted by atomic mass is 9.97. The highest BCUT2D eigenvalue weighted by Crippen LogP contribution is 2.35. The largest absolute Gasteiger partial charge is 0.394 e. The number of rotatable bonds is 7. The molecule has 34 heavy (non-hydrogen) atoms. The van der Waals surface area contributed by atoms with Crippen LogP contribution in [0.3, 0.4) is 0 Å². The molecule has 1 saturated heterocycles. The second-order valence-corrected chi connectivity index (χ2v) is 9.43. The van der Waals surface area contributed by atoms with E-state index >= 15 is 0 Å². The van der Waals surface area contributed by atoms with Crippen molar-refractivity contribution >= 4 is 23.4 Å². The predicted octanol–water partition coefficient (Wildman–Crippen LogP) is 2.97. The van der Waals surface area contributed by atoms with Crippen LogP contribution in [0.4, 0.5) is 13.2 Å². The van der Waals surface area contributed by atoms with Crippen molar-refractivity contribution in [3.63, 3.8) is 0 Å². The number of benzene rings is 2. The Kier molecular flexibility index (Phi) is 7.80. The number of hydrogen-bond donors (Lipinski definition) is 3. The number of aryl methyl sites for hydroxylation is 1. The van der Waals surface area contributed by atoms with Crippen molar-refractivity contribution in [3.05, 3.63) is 70.6 Å². The molecule has 2 unspecified atom stereocenters. The molecule has 7 nitrogen and oxygen atoms in total. The molecular formula is C22H21ClF3N3O4S. The van der Waals surface area contributed by atoms with E-state index in [1.165, 1.54) is 18.0 Å². The molecule has 2 aromatic carbocycles. The van der Waals surface area contributed by atoms with E-state index in [0.29, 0.717) is 17.2 Å². The zero-order chi connectivity index (χ0) is 24.4. The average molecular weight is 516 g/mol. The molecule has 0 saturated carbocycles. The molecule has 0 amide bonds. The first-order valence-corrected chi connectivity index (χ1v) is 11.8. The zero-order valence-corrected chi connectivity index (χ0v) is 19.1. The third-order valence-electron chi connectivity index (χ3n) is 5.51. The van der Waals surface area contributed by atoms with E-state index in [1.807, 2.05) is 18.2 Å². The van der Waals surface area contributed by atoms with Crippen molar-refractivity contribution in [2.24, 2.45) is 0 Å². The molecule has 1 aromatic heterocycles. The summed E-state index contributed by atoms with van der Waals surface area (Å²) in [5.74, 6) is -3.81. The predicted molar refractivity (Wildman–Crippen MR) is 120 cm³/mol. The molecule has 12 heteroatoms. The minimum Gasteiger partial charge on any atom is -0.394 e. The van der Waals surface area contributed by atoms with Gasteiger partial charge >= 0.3 is 0 Å². The van der Waals surface area contributed by atoms with Gasteiger partial charge in [-0.2, -0.15) is 0 Å². The van der Waals surface area contributed by atoms with Gasteiger partial charge in [0.2, 0.25) is 0 Å². The molecule has 0 aliphatic carbocycles. The molecule has 0 bridgehead atoms. The maximum atomic E-state index is 13.6. The van der Waals surface area contributed by atoms with E-state index in [-0.39, 0.29) is 11.3 Å². The zero-order valence-electron chi connectivity index (χ0n) is 17.6. The molecule has 182 valence electrons. The molecule has 4 rings (SSSR count). The highest BCUT2D eigenvalue weighted by molar-refractivity contribution is 7.99. The molecule has 0 spiro atoms. The maximum Gasteiger partial charge on any atom is 0.194 e. The van der Waals surface area contributed by atoms with Gasteiger partial charge in [0.05, 0.1) is 12.8 Å². The minimum absolute atomic E-state index is 0.00870. The van der Waals surface area contributed by atoms with Crippen molar-refractivity contribution in [1.82, 2.24) is 15.0 Å². The van der Waals surface area contributed by atoms with Gasteiger partial charge in [0.1, 0.15) is 35.5 Å². The van der Waals surface area contributed by atoms with E-state index in [9.17, 15) is 28.5 Å². The van der Waals surface area contributed by atoms with Crippen LogP contribution < -0.4 is 0 Å². The summed E-state index contributed by atoms with van der Waals surface area (Å²) >= 11 is 7.30. The molecule has 3 N–H and O–H groups in total. The smallest absolute Gasteiger partial charge is 0.194 e. The van der Waals surface area contributed by atoms with Gasteiger partial charge in [-0.25, -0.2) is 17.9 Å². The summed E-state index contributed by atoms with van der Waals surface area (Å²) in [6.45, 7) is -0.508. The average Bonchev–Trinajstić information content (AvgIpc) is 3.28. The van der Waals surface area contributed by atoms with Gasteiger partial charge in [-0.05, 0) is 42.0 Å². The van der Waals surface area contributed by atoms with E-state index in [1.54, 1.807) is 6.07 Å². The second kappa shape index (κ2) is 10.6. The lowest BCUT2D eigenvalue weighted by Gasteiger charge is -2.41. The lowest BCUT2D eigenvalue weighted by Crippen LogP contribution is -2.55. The summed E-state index contributed by atoms with van der Waals surface area (Å²) in [7, 11) is 0. The quantitative estimate of drug-likeness (QED) is 0.416. The molecule has 1 fully saturated rings. The Morgan fingerprint density at radius 1 is 1.09 bits per heavy atom. The third kappa shape index (κ3) is 5.24. The van der Waals surface area contributed by atoms with E-state index < -0.39 is 53.8 Å². The van der Waals surface area contributed by atoms with Gasteiger partial charge in [-0.3, -0.25) is 0 Å². The molecular weight excluding hydrogens is 495 g/mol. The molecule has 2 heterocycles. The molecule has 0 radical (unpaired) electrons. The minimum atomic E-state index is -1.60. The van der Waals surface area contributed by atoms with Crippen LogP contribution in [0.15, 0.2) is 42.6 Å². The Morgan fingerprint density at radius 3 is 2.50 bits per heavy atom. The summed E-state index contributed by atoms with van der Waals surface area (Å²) in [6, 6.07) is 7.84. The topological polar surface area (TPSA) is 101 Å². The van der Waals surface area contributed by atoms with Crippen molar-refractivity contribution in [1.29, 1.82) is 0 Å². The van der Waals surface area contributed by atoms with E-state index in [4.69, 9.17) is 16.3 Å². The Morgan fingerprint density at radius 2 is 1.82 bits per heavy atom. The highest BCUT2D eigenvalue weighted by atomic mass is 35.5. The summed E-state index contributed by atoms with van der Waals surface area (Å²) in [5.41, 5.74) is 0.137. The highest BCUT2D eigenvalue weighted by Gasteiger charge is 2.46. The number of nitrogens with zero attached hydrogens (tertiary/aromatic N) is 3. The fraction of sp³-hybridized carbons (Fsp3) is 0.364. The Labute approximate surface area is 202 Å². The van der Waals surface area contributed by atoms with Crippen molar-refractivity contribution in [2.45, 2.75) is 36.2 Å². The van der Waals surface area contributed by atoms with Gasteiger partial charge in [0.25, 0.3) is 0 Å². The lowest BCUT2D eigenvalue weighted by molar-refractivity contribution is -0.178. The SMILES string of the molecule is OCC1O[C@H](SCCc2cccc(Cl)c2)[C@@H](O)C(n2cc(-c3cc(F)c(F)c(F)c3)nn2)[C@H]1O. The number of thioether (sulfide) groups is 1. The molecule has 5 atom stereocenters. The number of ether oxygens (including phenoxy) is 1. The summed E-state index contributed by atoms with van der Waals surface area (Å²) < 4.78 is 47.4. The fourth-order valence-corrected chi connectivity index (χ4v) is 5.14. The van der Waals surface area contributed by atoms with Crippen LogP contribution in [0.25, 0.3) is 11.3 Å². The molecule has 1 aliphatic rings. The van der Waals surface area contributed by atoms with Crippen LogP contribution in [0, 0.1) is 17.5 Å². The van der Waals surface area contributed by atoms with Gasteiger partial charge in [-0.15, -0.1) is 16.9 Å². The Balaban J connectivity index is 1.52. The Bertz CT molecular complexity index is 1130. The Hall–Kier alpha value is -2.15. The monoisotopic (exact) mass is 515 g/mol. The van der Waals surface area contributed by atoms with Gasteiger partial charge in [-0.1, -0.05) is 28.9 Å². The maximum absolute atomic E-state index is 13.6. The van der Waals surface area contributed by atoms with Crippen LogP contribution in [0.5, 0.6) is 0 Å². The number of aromatic nitrogens is 3. The van der Waals surface area contributed by atoms with Gasteiger partial charge < -0.3 is 20.1 Å². The van der Waals surface area contributed by atoms with E-state index in [2.05, 4.69) is 10.3 Å². The number of hydrogen-bond acceptors (Lipinski definition) is 7. The fourth-order valence-electron chi connectivity index (χ4n) is 3.76. The van der Waals surface area contributed by atoms with Crippen LogP contribution >= 0.6 is 23.4 Å². The van der Waals surface area contributed by atoms with Crippen LogP contribution in [0.1, 0.15) is 11.6 Å². The number of aliphatic hydroxyl groups is 3. The second-order valence-electron chi connectivity index (χ2n) is 7.79. The van der Waals surface area contributed by atoms with Gasteiger partial charge in [0, 0.05) is 10.6 Å². The first-order valence-electron chi connectivity index (χ1n) is 10.3. The summed E-state index contributed by atoms with van der Waals surface area (Å²) in [5, 5.41) is 39.6. The first kappa shape index (κ1) is 25.0. The number of aliphatic hydroxyl groups excluding tert-OH is 3. The molecule has 1 aliphatic heterocycles. The van der Waals surface area contributed by atoms with Crippen LogP contribution in [0.2, 0.25) is 5.02 Å². The van der Waals surface area contributed by atoms with Gasteiger partial charge in [0.15, 0.2) is 17.5 Å². The number of halogens is 4. The standard InChI is InChI=1S/C22H21ClF3N3O4S/c23-13-3-1-2-11(6-13)4-5-34-22-21(32)19(20(31)17(10-30)33-22)29-9-16(27-28-29)12-7-14(24)18(26)15(25)8-12/h1-3,6-9,17,19-22,30-32H,4-5,10H2/t17?,19?,20-,21-,22+/m0/s1. The third-order valence-corrected chi connectivity index (χ3v) is 6.90. The first-order chi connectivity index (χ1) is 16.3. The van der Waals surface area contributed by atoms with Crippen molar-refractivity contribution < 1.29 is 33.2 Å². The summed E-state index contributed by atoms with van der Waals surface area (Å²) in [6.07, 6.45) is -1.69. The van der Waals surface area contributed by atoms with Crippen molar-refractivity contribution in [2.75, 3.05) is 12.4 Å². The van der Waals surface area contributed by atoms with Crippen LogP contribution in [-0.4, -0.2) is 66.4 Å². The summed E-state index contributed by atoms with van der Waals surface area (Å²) in [4.78, 5) is 0. The van der Waals surface area contributed by atoms with Crippen molar-refractivity contribution in [3.8, 4) is 11.3 Å². The van der Waals surface area contributed by atoms with Crippen LogP contribution in [-0.2, 0) is 11.2 Å². The normalized spacial score (nSPS) is 25.0.